The van der Waals surface area contributed by atoms with Gasteiger partial charge in [-0.3, -0.25) is 9.20 Å². The van der Waals surface area contributed by atoms with Gasteiger partial charge in [-0.15, -0.1) is 45.9 Å². The van der Waals surface area contributed by atoms with Gasteiger partial charge in [0.25, 0.3) is 0 Å². The van der Waals surface area contributed by atoms with Gasteiger partial charge in [0.1, 0.15) is 6.54 Å². The third kappa shape index (κ3) is 7.86. The Balaban J connectivity index is 0.00000341. The molecule has 2 heterocycles. The molecule has 11 heteroatoms. The predicted molar refractivity (Wildman–Crippen MR) is 136 cm³/mol. The summed E-state index contributed by atoms with van der Waals surface area (Å²) in [5.41, 5.74) is 0.771. The number of hydrogen-bond acceptors (Lipinski definition) is 5. The van der Waals surface area contributed by atoms with Crippen molar-refractivity contribution in [3.8, 4) is 0 Å². The van der Waals surface area contributed by atoms with Crippen molar-refractivity contribution in [1.82, 2.24) is 30.1 Å². The first kappa shape index (κ1) is 25.2. The summed E-state index contributed by atoms with van der Waals surface area (Å²) in [7, 11) is 3.44. The lowest BCUT2D eigenvalue weighted by molar-refractivity contribution is -0.127. The van der Waals surface area contributed by atoms with Crippen LogP contribution in [0, 0.1) is 0 Å². The summed E-state index contributed by atoms with van der Waals surface area (Å²) in [6, 6.07) is 13.5. The van der Waals surface area contributed by atoms with Crippen LogP contribution < -0.4 is 10.6 Å². The van der Waals surface area contributed by atoms with Gasteiger partial charge >= 0.3 is 0 Å². The molecule has 31 heavy (non-hydrogen) atoms. The molecule has 3 aromatic rings. The molecule has 1 amide bonds. The molecule has 0 fully saturated rings. The van der Waals surface area contributed by atoms with E-state index in [2.05, 4.69) is 25.8 Å². The average Bonchev–Trinajstić information content (AvgIpc) is 3.16. The Morgan fingerprint density at radius 1 is 1.16 bits per heavy atom. The highest BCUT2D eigenvalue weighted by molar-refractivity contribution is 14.0. The van der Waals surface area contributed by atoms with Crippen LogP contribution in [0.1, 0.15) is 5.82 Å². The van der Waals surface area contributed by atoms with Gasteiger partial charge in [-0.1, -0.05) is 17.7 Å². The first-order valence-corrected chi connectivity index (χ1v) is 10.8. The molecule has 0 aliphatic rings. The number of guanidine groups is 1. The van der Waals surface area contributed by atoms with Crippen molar-refractivity contribution in [3.63, 3.8) is 0 Å². The summed E-state index contributed by atoms with van der Waals surface area (Å²) in [5, 5.41) is 15.4. The Bertz CT molecular complexity index is 1010. The minimum absolute atomic E-state index is 0. The van der Waals surface area contributed by atoms with Crippen molar-refractivity contribution < 1.29 is 4.79 Å². The van der Waals surface area contributed by atoms with Crippen molar-refractivity contribution >= 4 is 64.9 Å². The molecule has 0 aliphatic carbocycles. The van der Waals surface area contributed by atoms with Crippen LogP contribution in [0.2, 0.25) is 5.02 Å². The highest BCUT2D eigenvalue weighted by Gasteiger charge is 2.08. The van der Waals surface area contributed by atoms with E-state index in [0.29, 0.717) is 19.0 Å². The first-order valence-electron chi connectivity index (χ1n) is 9.42. The Hall–Kier alpha value is -2.05. The van der Waals surface area contributed by atoms with E-state index in [9.17, 15) is 4.79 Å². The molecule has 2 aromatic heterocycles. The number of pyridine rings is 1. The van der Waals surface area contributed by atoms with Gasteiger partial charge in [-0.25, -0.2) is 4.99 Å². The highest BCUT2D eigenvalue weighted by Crippen LogP contribution is 2.19. The summed E-state index contributed by atoms with van der Waals surface area (Å²) in [6.45, 7) is 1.17. The third-order valence-corrected chi connectivity index (χ3v) is 5.41. The second-order valence-electron chi connectivity index (χ2n) is 6.58. The fourth-order valence-corrected chi connectivity index (χ4v) is 3.40. The van der Waals surface area contributed by atoms with Crippen molar-refractivity contribution in [3.05, 3.63) is 59.5 Å². The number of benzene rings is 1. The van der Waals surface area contributed by atoms with Gasteiger partial charge in [0.05, 0.1) is 6.54 Å². The topological polar surface area (TPSA) is 86.9 Å². The first-order chi connectivity index (χ1) is 14.5. The number of carbonyl (C=O) groups is 1. The lowest BCUT2D eigenvalue weighted by atomic mass is 10.4. The minimum atomic E-state index is -0.0343. The summed E-state index contributed by atoms with van der Waals surface area (Å²) in [4.78, 5) is 19.2. The summed E-state index contributed by atoms with van der Waals surface area (Å²) < 4.78 is 1.89. The van der Waals surface area contributed by atoms with Crippen LogP contribution in [0.3, 0.4) is 0 Å². The summed E-state index contributed by atoms with van der Waals surface area (Å²) >= 11 is 7.64. The van der Waals surface area contributed by atoms with Crippen molar-refractivity contribution in [2.75, 3.05) is 32.9 Å². The van der Waals surface area contributed by atoms with Gasteiger partial charge in [0.2, 0.25) is 5.91 Å². The number of nitrogens with one attached hydrogen (secondary N) is 2. The molecule has 1 aromatic carbocycles. The monoisotopic (exact) mass is 573 g/mol. The van der Waals surface area contributed by atoms with E-state index in [1.54, 1.807) is 25.9 Å². The molecule has 0 spiro atoms. The number of aromatic nitrogens is 3. The minimum Gasteiger partial charge on any atom is -0.356 e. The molecule has 3 rings (SSSR count). The number of aliphatic imine (C=N–C) groups is 1. The molecule has 0 bridgehead atoms. The zero-order chi connectivity index (χ0) is 21.3. The van der Waals surface area contributed by atoms with Crippen molar-refractivity contribution in [1.29, 1.82) is 0 Å². The molecular weight excluding hydrogens is 549 g/mol. The largest absolute Gasteiger partial charge is 0.356 e. The molecule has 166 valence electrons. The van der Waals surface area contributed by atoms with Crippen molar-refractivity contribution in [2.45, 2.75) is 11.4 Å². The third-order valence-electron chi connectivity index (χ3n) is 4.15. The average molecular weight is 574 g/mol. The Kier molecular flexibility index (Phi) is 10.3. The number of halogens is 2. The van der Waals surface area contributed by atoms with Crippen LogP contribution in [0.5, 0.6) is 0 Å². The zero-order valence-electron chi connectivity index (χ0n) is 17.3. The molecule has 0 saturated heterocycles. The number of carbonyl (C=O) groups excluding carboxylic acids is 1. The molecule has 2 N–H and O–H groups in total. The van der Waals surface area contributed by atoms with Crippen LogP contribution >= 0.6 is 47.3 Å². The number of thioether (sulfide) groups is 1. The van der Waals surface area contributed by atoms with E-state index >= 15 is 0 Å². The second-order valence-corrected chi connectivity index (χ2v) is 8.19. The highest BCUT2D eigenvalue weighted by atomic mass is 127. The van der Waals surface area contributed by atoms with Crippen LogP contribution in [-0.2, 0) is 11.3 Å². The molecule has 8 nitrogen and oxygen atoms in total. The van der Waals surface area contributed by atoms with E-state index < -0.39 is 0 Å². The van der Waals surface area contributed by atoms with Gasteiger partial charge < -0.3 is 15.5 Å². The smallest absolute Gasteiger partial charge is 0.241 e. The van der Waals surface area contributed by atoms with Gasteiger partial charge in [-0.2, -0.15) is 0 Å². The molecule has 0 radical (unpaired) electrons. The van der Waals surface area contributed by atoms with E-state index in [1.165, 1.54) is 4.90 Å². The SMILES string of the molecule is CN(C)C(=O)CNC(=NCc1nnc2ccccn12)NCCSc1ccc(Cl)cc1.I. The fourth-order valence-electron chi connectivity index (χ4n) is 2.51. The fraction of sp³-hybridized carbons (Fsp3) is 0.300. The quantitative estimate of drug-likeness (QED) is 0.142. The number of hydrogen-bond donors (Lipinski definition) is 2. The van der Waals surface area contributed by atoms with Crippen LogP contribution in [-0.4, -0.2) is 64.3 Å². The molecule has 0 atom stereocenters. The van der Waals surface area contributed by atoms with Crippen molar-refractivity contribution in [2.24, 2.45) is 4.99 Å². The van der Waals surface area contributed by atoms with Crippen LogP contribution in [0.15, 0.2) is 58.5 Å². The van der Waals surface area contributed by atoms with Gasteiger partial charge in [0, 0.05) is 42.5 Å². The maximum atomic E-state index is 11.9. The lowest BCUT2D eigenvalue weighted by Gasteiger charge is -2.15. The lowest BCUT2D eigenvalue weighted by Crippen LogP contribution is -2.43. The number of likely N-dealkylation sites (N-methyl/N-ethyl adjacent to an activating group) is 1. The van der Waals surface area contributed by atoms with E-state index in [4.69, 9.17) is 11.6 Å². The molecule has 0 unspecified atom stereocenters. The Morgan fingerprint density at radius 3 is 2.68 bits per heavy atom. The van der Waals surface area contributed by atoms with E-state index in [1.807, 2.05) is 53.1 Å². The summed E-state index contributed by atoms with van der Waals surface area (Å²) in [6.07, 6.45) is 1.90. The van der Waals surface area contributed by atoms with Gasteiger partial charge in [-0.05, 0) is 36.4 Å². The van der Waals surface area contributed by atoms with Crippen LogP contribution in [0.25, 0.3) is 5.65 Å². The van der Waals surface area contributed by atoms with E-state index in [-0.39, 0.29) is 36.4 Å². The second kappa shape index (κ2) is 12.7. The molecule has 0 aliphatic heterocycles. The van der Waals surface area contributed by atoms with Crippen LogP contribution in [0.4, 0.5) is 0 Å². The Morgan fingerprint density at radius 2 is 1.94 bits per heavy atom. The Labute approximate surface area is 207 Å². The van der Waals surface area contributed by atoms with Gasteiger partial charge in [0.15, 0.2) is 17.4 Å². The maximum absolute atomic E-state index is 11.9. The molecular formula is C20H25ClIN7OS. The number of nitrogens with zero attached hydrogens (tertiary/aromatic N) is 5. The number of rotatable bonds is 8. The standard InChI is InChI=1S/C20H24ClN7OS.HI/c1-27(2)19(29)14-24-20(22-10-12-30-16-8-6-15(21)7-9-16)23-13-18-26-25-17-5-3-4-11-28(17)18;/h3-9,11H,10,12-14H2,1-2H3,(H2,22,23,24);1H. The number of fused-ring (bicyclic) bond motifs is 1. The zero-order valence-corrected chi connectivity index (χ0v) is 21.2. The molecule has 0 saturated carbocycles. The maximum Gasteiger partial charge on any atom is 0.241 e. The van der Waals surface area contributed by atoms with E-state index in [0.717, 1.165) is 27.1 Å². The number of amides is 1. The normalized spacial score (nSPS) is 11.1. The summed E-state index contributed by atoms with van der Waals surface area (Å²) in [5.74, 6) is 2.07. The predicted octanol–water partition coefficient (Wildman–Crippen LogP) is 2.92.